The standard InChI is InChI=1S/C23H21FN8O6/c1-36-21(33)26-16-18(29-22(34)37-2)27-17(28-19(16)30-23(35)38-3)15-13-8-6-10-25-20(13)32(31-15)11-12-7-4-5-9-14(12)24/h4-10H,11H2,1-3H3,(H,26,33)(H2,27,28,29,30,34,35). The number of aromatic nitrogens is 5. The number of benzene rings is 1. The zero-order valence-electron chi connectivity index (χ0n) is 20.3. The van der Waals surface area contributed by atoms with Gasteiger partial charge in [-0.15, -0.1) is 0 Å². The third-order valence-electron chi connectivity index (χ3n) is 5.13. The quantitative estimate of drug-likeness (QED) is 0.316. The van der Waals surface area contributed by atoms with E-state index >= 15 is 0 Å². The molecule has 196 valence electrons. The van der Waals surface area contributed by atoms with Gasteiger partial charge in [-0.25, -0.2) is 38.4 Å². The lowest BCUT2D eigenvalue weighted by atomic mass is 10.2. The molecule has 0 fully saturated rings. The highest BCUT2D eigenvalue weighted by Crippen LogP contribution is 2.33. The van der Waals surface area contributed by atoms with Crippen LogP contribution in [0.25, 0.3) is 22.6 Å². The van der Waals surface area contributed by atoms with E-state index in [0.29, 0.717) is 16.6 Å². The van der Waals surface area contributed by atoms with Crippen LogP contribution in [0.2, 0.25) is 0 Å². The molecule has 0 saturated heterocycles. The summed E-state index contributed by atoms with van der Waals surface area (Å²) in [5.41, 5.74) is 0.740. The summed E-state index contributed by atoms with van der Waals surface area (Å²) in [4.78, 5) is 49.2. The van der Waals surface area contributed by atoms with Gasteiger partial charge in [0, 0.05) is 11.8 Å². The van der Waals surface area contributed by atoms with Crippen molar-refractivity contribution in [2.45, 2.75) is 6.54 Å². The van der Waals surface area contributed by atoms with E-state index in [1.807, 2.05) is 0 Å². The maximum absolute atomic E-state index is 14.4. The fourth-order valence-electron chi connectivity index (χ4n) is 3.39. The summed E-state index contributed by atoms with van der Waals surface area (Å²) in [7, 11) is 3.37. The number of rotatable bonds is 6. The minimum atomic E-state index is -0.939. The number of nitrogens with zero attached hydrogens (tertiary/aromatic N) is 5. The van der Waals surface area contributed by atoms with Gasteiger partial charge in [0.1, 0.15) is 17.2 Å². The van der Waals surface area contributed by atoms with E-state index < -0.39 is 24.1 Å². The first-order chi connectivity index (χ1) is 18.3. The molecule has 3 N–H and O–H groups in total. The van der Waals surface area contributed by atoms with Crippen molar-refractivity contribution in [1.29, 1.82) is 0 Å². The van der Waals surface area contributed by atoms with Crippen molar-refractivity contribution in [2.24, 2.45) is 0 Å². The van der Waals surface area contributed by atoms with Crippen molar-refractivity contribution in [3.05, 3.63) is 54.0 Å². The number of amides is 3. The highest BCUT2D eigenvalue weighted by molar-refractivity contribution is 6.02. The van der Waals surface area contributed by atoms with Crippen LogP contribution in [0.1, 0.15) is 5.56 Å². The van der Waals surface area contributed by atoms with Crippen LogP contribution in [-0.2, 0) is 20.8 Å². The van der Waals surface area contributed by atoms with Crippen LogP contribution in [0, 0.1) is 5.82 Å². The first kappa shape index (κ1) is 25.7. The number of methoxy groups -OCH3 is 3. The van der Waals surface area contributed by atoms with Gasteiger partial charge in [-0.1, -0.05) is 18.2 Å². The lowest BCUT2D eigenvalue weighted by molar-refractivity contribution is 0.185. The van der Waals surface area contributed by atoms with Crippen LogP contribution >= 0.6 is 0 Å². The molecule has 4 rings (SSSR count). The van der Waals surface area contributed by atoms with E-state index in [1.54, 1.807) is 36.5 Å². The second-order valence-electron chi connectivity index (χ2n) is 7.44. The molecule has 3 amide bonds. The van der Waals surface area contributed by atoms with E-state index in [0.717, 1.165) is 21.3 Å². The number of carbonyl (C=O) groups is 3. The SMILES string of the molecule is COC(=O)Nc1nc(-c2nn(Cc3ccccc3F)c3ncccc23)nc(NC(=O)OC)c1NC(=O)OC. The molecule has 38 heavy (non-hydrogen) atoms. The Morgan fingerprint density at radius 1 is 0.868 bits per heavy atom. The number of hydrogen-bond acceptors (Lipinski definition) is 10. The predicted octanol–water partition coefficient (Wildman–Crippen LogP) is 3.61. The van der Waals surface area contributed by atoms with Crippen LogP contribution in [0.5, 0.6) is 0 Å². The summed E-state index contributed by atoms with van der Waals surface area (Å²) in [6, 6.07) is 9.59. The monoisotopic (exact) mass is 524 g/mol. The Kier molecular flexibility index (Phi) is 7.56. The van der Waals surface area contributed by atoms with Crippen LogP contribution < -0.4 is 16.0 Å². The highest BCUT2D eigenvalue weighted by Gasteiger charge is 2.24. The number of hydrogen-bond donors (Lipinski definition) is 3. The van der Waals surface area contributed by atoms with Crippen molar-refractivity contribution < 1.29 is 33.0 Å². The van der Waals surface area contributed by atoms with Crippen LogP contribution in [0.4, 0.5) is 36.1 Å². The summed E-state index contributed by atoms with van der Waals surface area (Å²) >= 11 is 0. The van der Waals surface area contributed by atoms with Gasteiger partial charge < -0.3 is 14.2 Å². The number of nitrogens with one attached hydrogen (secondary N) is 3. The molecular formula is C23H21FN8O6. The van der Waals surface area contributed by atoms with Gasteiger partial charge in [-0.2, -0.15) is 5.10 Å². The topological polar surface area (TPSA) is 171 Å². The van der Waals surface area contributed by atoms with Crippen LogP contribution in [0.15, 0.2) is 42.6 Å². The van der Waals surface area contributed by atoms with Crippen LogP contribution in [0.3, 0.4) is 0 Å². The summed E-state index contributed by atoms with van der Waals surface area (Å²) in [5, 5.41) is 12.1. The number of anilines is 3. The third kappa shape index (κ3) is 5.40. The predicted molar refractivity (Wildman–Crippen MR) is 132 cm³/mol. The molecule has 0 bridgehead atoms. The second-order valence-corrected chi connectivity index (χ2v) is 7.44. The molecule has 0 atom stereocenters. The summed E-state index contributed by atoms with van der Waals surface area (Å²) in [5.74, 6) is -1.00. The molecule has 0 aliphatic rings. The number of ether oxygens (including phenoxy) is 3. The Bertz CT molecular complexity index is 1490. The molecule has 14 nitrogen and oxygen atoms in total. The fraction of sp³-hybridized carbons (Fsp3) is 0.174. The second kappa shape index (κ2) is 11.2. The van der Waals surface area contributed by atoms with Gasteiger partial charge in [-0.05, 0) is 18.2 Å². The summed E-state index contributed by atoms with van der Waals surface area (Å²) < 4.78 is 29.7. The molecule has 3 aromatic heterocycles. The molecule has 0 radical (unpaired) electrons. The first-order valence-electron chi connectivity index (χ1n) is 10.9. The molecular weight excluding hydrogens is 503 g/mol. The fourth-order valence-corrected chi connectivity index (χ4v) is 3.39. The third-order valence-corrected chi connectivity index (χ3v) is 5.13. The van der Waals surface area contributed by atoms with E-state index in [-0.39, 0.29) is 35.4 Å². The minimum Gasteiger partial charge on any atom is -0.453 e. The van der Waals surface area contributed by atoms with E-state index in [9.17, 15) is 18.8 Å². The van der Waals surface area contributed by atoms with Gasteiger partial charge >= 0.3 is 18.3 Å². The number of carbonyl (C=O) groups excluding carboxylic acids is 3. The van der Waals surface area contributed by atoms with Gasteiger partial charge in [0.2, 0.25) is 0 Å². The Labute approximate surface area is 214 Å². The smallest absolute Gasteiger partial charge is 0.412 e. The average molecular weight is 524 g/mol. The number of pyridine rings is 1. The molecule has 0 unspecified atom stereocenters. The van der Waals surface area contributed by atoms with E-state index in [4.69, 9.17) is 0 Å². The maximum Gasteiger partial charge on any atom is 0.412 e. The minimum absolute atomic E-state index is 0.0443. The largest absolute Gasteiger partial charge is 0.453 e. The molecule has 0 aliphatic heterocycles. The molecule has 15 heteroatoms. The van der Waals surface area contributed by atoms with Gasteiger partial charge in [0.05, 0.1) is 33.3 Å². The molecule has 1 aromatic carbocycles. The summed E-state index contributed by atoms with van der Waals surface area (Å²) in [6.07, 6.45) is -1.25. The lowest BCUT2D eigenvalue weighted by Gasteiger charge is -2.15. The molecule has 0 spiro atoms. The van der Waals surface area contributed by atoms with E-state index in [2.05, 4.69) is 50.2 Å². The number of fused-ring (bicyclic) bond motifs is 1. The molecule has 3 heterocycles. The highest BCUT2D eigenvalue weighted by atomic mass is 19.1. The zero-order valence-corrected chi connectivity index (χ0v) is 20.3. The zero-order chi connectivity index (χ0) is 27.2. The number of halogens is 1. The van der Waals surface area contributed by atoms with Crippen molar-refractivity contribution in [3.63, 3.8) is 0 Å². The van der Waals surface area contributed by atoms with Crippen molar-refractivity contribution in [1.82, 2.24) is 24.7 Å². The van der Waals surface area contributed by atoms with Crippen molar-refractivity contribution in [3.8, 4) is 11.5 Å². The van der Waals surface area contributed by atoms with Crippen molar-refractivity contribution in [2.75, 3.05) is 37.3 Å². The first-order valence-corrected chi connectivity index (χ1v) is 10.9. The summed E-state index contributed by atoms with van der Waals surface area (Å²) in [6.45, 7) is 0.0443. The van der Waals surface area contributed by atoms with Gasteiger partial charge in [0.25, 0.3) is 0 Å². The van der Waals surface area contributed by atoms with Gasteiger partial charge in [-0.3, -0.25) is 16.0 Å². The van der Waals surface area contributed by atoms with Gasteiger partial charge in [0.15, 0.2) is 23.1 Å². The molecule has 0 saturated carbocycles. The van der Waals surface area contributed by atoms with E-state index in [1.165, 1.54) is 10.7 Å². The Hall–Kier alpha value is -5.34. The Morgan fingerprint density at radius 2 is 1.47 bits per heavy atom. The van der Waals surface area contributed by atoms with Crippen LogP contribution in [-0.4, -0.2) is 64.3 Å². The normalized spacial score (nSPS) is 10.5. The molecule has 0 aliphatic carbocycles. The Balaban J connectivity index is 1.91. The van der Waals surface area contributed by atoms with Crippen molar-refractivity contribution >= 4 is 46.6 Å². The maximum atomic E-state index is 14.4. The lowest BCUT2D eigenvalue weighted by Crippen LogP contribution is -2.22. The Morgan fingerprint density at radius 3 is 2.08 bits per heavy atom. The molecule has 4 aromatic rings. The average Bonchev–Trinajstić information content (AvgIpc) is 3.29.